The van der Waals surface area contributed by atoms with Gasteiger partial charge in [0.05, 0.1) is 0 Å². The van der Waals surface area contributed by atoms with Crippen molar-refractivity contribution in [2.45, 2.75) is 37.0 Å². The Morgan fingerprint density at radius 1 is 1.18 bits per heavy atom. The van der Waals surface area contributed by atoms with E-state index in [0.717, 1.165) is 18.4 Å². The maximum absolute atomic E-state index is 13.1. The molecule has 2 atom stereocenters. The number of hydrogen-bond acceptors (Lipinski definition) is 6. The summed E-state index contributed by atoms with van der Waals surface area (Å²) in [4.78, 5) is 48.8. The number of carbonyl (C=O) groups excluding carboxylic acids is 2. The molecule has 2 amide bonds. The summed E-state index contributed by atoms with van der Waals surface area (Å²) in [7, 11) is 0. The summed E-state index contributed by atoms with van der Waals surface area (Å²) < 4.78 is 6.49. The molecule has 1 unspecified atom stereocenters. The third-order valence-corrected chi connectivity index (χ3v) is 9.01. The van der Waals surface area contributed by atoms with E-state index in [1.54, 1.807) is 25.1 Å². The number of nitro benzene ring substituents is 1. The van der Waals surface area contributed by atoms with Crippen molar-refractivity contribution in [3.63, 3.8) is 0 Å². The van der Waals surface area contributed by atoms with Crippen LogP contribution in [0.25, 0.3) is 0 Å². The van der Waals surface area contributed by atoms with Crippen LogP contribution in [0.5, 0.6) is 5.75 Å². The van der Waals surface area contributed by atoms with Gasteiger partial charge in [-0.25, -0.2) is 4.79 Å². The van der Waals surface area contributed by atoms with E-state index < -0.39 is 38.8 Å². The van der Waals surface area contributed by atoms with Crippen molar-refractivity contribution in [1.82, 2.24) is 4.90 Å². The minimum absolute atomic E-state index is 0.131. The number of ether oxygens (including phenoxy) is 1. The molecule has 10 nitrogen and oxygen atoms in total. The zero-order chi connectivity index (χ0) is 24.4. The molecule has 0 aromatic heterocycles. The molecule has 2 aromatic rings. The monoisotopic (exact) mass is 529 g/mol. The molecular weight excluding hydrogens is 505 g/mol. The molecule has 0 radical (unpaired) electrons. The molecule has 2 N–H and O–H groups in total. The van der Waals surface area contributed by atoms with Gasteiger partial charge < -0.3 is 10.0 Å². The number of anilines is 1. The van der Waals surface area contributed by atoms with Crippen molar-refractivity contribution < 1.29 is 29.2 Å². The van der Waals surface area contributed by atoms with Gasteiger partial charge in [-0.2, -0.15) is 0 Å². The number of amides is 2. The van der Waals surface area contributed by atoms with Gasteiger partial charge in [-0.1, -0.05) is 0 Å². The predicted octanol–water partition coefficient (Wildman–Crippen LogP) is 3.45. The van der Waals surface area contributed by atoms with Crippen molar-refractivity contribution in [2.24, 2.45) is 0 Å². The molecule has 4 rings (SSSR count). The van der Waals surface area contributed by atoms with E-state index in [2.05, 4.69) is 5.32 Å². The third kappa shape index (κ3) is 5.56. The molecule has 11 heteroatoms. The van der Waals surface area contributed by atoms with Crippen LogP contribution in [-0.2, 0) is 0 Å². The third-order valence-electron chi connectivity index (χ3n) is 5.79. The zero-order valence-corrected chi connectivity index (χ0v) is 20.5. The second-order valence-corrected chi connectivity index (χ2v) is 11.7. The van der Waals surface area contributed by atoms with Gasteiger partial charge in [0.15, 0.2) is 0 Å². The number of carbonyl (C=O) groups is 3. The van der Waals surface area contributed by atoms with E-state index in [4.69, 9.17) is 9.84 Å². The Hall–Kier alpha value is -3.39. The molecule has 0 bridgehead atoms. The van der Waals surface area contributed by atoms with E-state index in [1.165, 1.54) is 23.1 Å². The van der Waals surface area contributed by atoms with Crippen LogP contribution in [0.4, 0.5) is 16.2 Å². The normalized spacial score (nSPS) is 17.7. The molecule has 2 aliphatic rings. The Bertz CT molecular complexity index is 1170. The van der Waals surface area contributed by atoms with Gasteiger partial charge in [-0.15, -0.1) is 0 Å². The van der Waals surface area contributed by atoms with Crippen molar-refractivity contribution >= 4 is 43.7 Å². The van der Waals surface area contributed by atoms with E-state index in [0.29, 0.717) is 28.9 Å². The molecule has 1 aliphatic heterocycles. The van der Waals surface area contributed by atoms with Crippen LogP contribution >= 0.6 is 0 Å². The number of aryl methyl sites for hydroxylation is 1. The Kier molecular flexibility index (Phi) is 6.88. The zero-order valence-electron chi connectivity index (χ0n) is 18.4. The van der Waals surface area contributed by atoms with Gasteiger partial charge >= 0.3 is 181 Å². The summed E-state index contributed by atoms with van der Waals surface area (Å²) in [5, 5.41) is 23.3. The number of rotatable bonds is 8. The van der Waals surface area contributed by atoms with Gasteiger partial charge in [0.2, 0.25) is 0 Å². The van der Waals surface area contributed by atoms with Gasteiger partial charge in [-0.3, -0.25) is 0 Å². The number of likely N-dealkylation sites (tertiary alicyclic amines) is 1. The molecule has 34 heavy (non-hydrogen) atoms. The van der Waals surface area contributed by atoms with E-state index in [9.17, 15) is 24.5 Å². The summed E-state index contributed by atoms with van der Waals surface area (Å²) in [5.41, 5.74) is 1.13. The van der Waals surface area contributed by atoms with Gasteiger partial charge in [0, 0.05) is 6.54 Å². The number of benzene rings is 2. The molecule has 178 valence electrons. The van der Waals surface area contributed by atoms with Crippen molar-refractivity contribution in [3.8, 4) is 5.75 Å². The van der Waals surface area contributed by atoms with Crippen LogP contribution in [0, 0.1) is 17.0 Å². The molecule has 1 heterocycles. The first-order valence-electron chi connectivity index (χ1n) is 10.9. The van der Waals surface area contributed by atoms with Gasteiger partial charge in [-0.05, 0) is 0 Å². The quantitative estimate of drug-likeness (QED) is 0.303. The summed E-state index contributed by atoms with van der Waals surface area (Å²) in [6.45, 7) is 2.29. The van der Waals surface area contributed by atoms with Crippen molar-refractivity contribution in [3.05, 3.63) is 63.2 Å². The number of carboxylic acid groups (broad SMARTS) is 1. The van der Waals surface area contributed by atoms with E-state index in [-0.39, 0.29) is 28.1 Å². The van der Waals surface area contributed by atoms with Crippen LogP contribution in [0.15, 0.2) is 36.4 Å². The second kappa shape index (κ2) is 9.85. The number of nitro groups is 1. The fourth-order valence-corrected chi connectivity index (χ4v) is 6.11. The maximum atomic E-state index is 13.1. The molecule has 2 fully saturated rings. The average Bonchev–Trinajstić information content (AvgIpc) is 3.48. The number of nitrogens with one attached hydrogen (secondary N) is 1. The van der Waals surface area contributed by atoms with Crippen LogP contribution in [0.1, 0.15) is 45.5 Å². The molecule has 1 saturated heterocycles. The summed E-state index contributed by atoms with van der Waals surface area (Å²) >= 11 is -0.729. The topological polar surface area (TPSA) is 139 Å². The fourth-order valence-electron chi connectivity index (χ4n) is 3.70. The summed E-state index contributed by atoms with van der Waals surface area (Å²) in [6.07, 6.45) is 1.25. The average molecular weight is 529 g/mol. The van der Waals surface area contributed by atoms with Crippen LogP contribution in [-0.4, -0.2) is 66.4 Å². The fraction of sp³-hybridized carbons (Fsp3) is 0.348. The van der Waals surface area contributed by atoms with E-state index >= 15 is 0 Å². The first-order valence-corrected chi connectivity index (χ1v) is 13.1. The molecular formula is C23H24AsN3O7. The van der Waals surface area contributed by atoms with Gasteiger partial charge in [0.25, 0.3) is 0 Å². The Balaban J connectivity index is 1.53. The Morgan fingerprint density at radius 3 is 2.59 bits per heavy atom. The molecule has 1 aliphatic carbocycles. The summed E-state index contributed by atoms with van der Waals surface area (Å²) in [6, 6.07) is 9.02. The van der Waals surface area contributed by atoms with Gasteiger partial charge in [0.1, 0.15) is 0 Å². The number of nitrogens with zero attached hydrogens (tertiary/aromatic N) is 2. The second-order valence-electron chi connectivity index (χ2n) is 8.42. The summed E-state index contributed by atoms with van der Waals surface area (Å²) in [5.74, 6) is -0.454. The van der Waals surface area contributed by atoms with Crippen LogP contribution in [0.3, 0.4) is 0 Å². The molecule has 0 spiro atoms. The first-order chi connectivity index (χ1) is 16.2. The Labute approximate surface area is 202 Å². The Morgan fingerprint density at radius 2 is 1.94 bits per heavy atom. The predicted molar refractivity (Wildman–Crippen MR) is 125 cm³/mol. The van der Waals surface area contributed by atoms with Crippen LogP contribution in [0.2, 0.25) is 4.71 Å². The molecule has 2 aromatic carbocycles. The standard InChI is InChI=1S/C23H24AsN3O7/c1-13-2-3-14(21(28)24-15-4-5-15)10-19(13)25-22(29)18-11-16(6-7-20(18)27(32)33)34-17-8-9-26(12-17)23(30)31/h2-3,6-7,10-11,15,17,24H,4-5,8-9,12H2,1H3,(H,25,29)(H,30,31)/t17-/m1/s1. The minimum atomic E-state index is -1.04. The van der Waals surface area contributed by atoms with E-state index in [1.807, 2.05) is 0 Å². The van der Waals surface area contributed by atoms with Crippen molar-refractivity contribution in [1.29, 1.82) is 0 Å². The SMILES string of the molecule is Cc1ccc(C(=O)[AsH]C2CC2)cc1NC(=O)c1cc(O[C@@H]2CCN(C(=O)O)C2)ccc1[N+](=O)[O-]. The first kappa shape index (κ1) is 23.8. The number of hydrogen-bond donors (Lipinski definition) is 2. The molecule has 1 saturated carbocycles. The van der Waals surface area contributed by atoms with Crippen molar-refractivity contribution in [2.75, 3.05) is 18.4 Å². The van der Waals surface area contributed by atoms with Crippen LogP contribution < -0.4 is 10.1 Å².